The summed E-state index contributed by atoms with van der Waals surface area (Å²) in [5.41, 5.74) is 0. The molecule has 0 saturated carbocycles. The number of piperidine rings is 1. The molecule has 1 amide bonds. The molecule has 1 N–H and O–H groups in total. The smallest absolute Gasteiger partial charge is 0.249 e. The highest BCUT2D eigenvalue weighted by atomic mass is 16.5. The molecule has 2 heterocycles. The minimum absolute atomic E-state index is 0.0918. The molecule has 2 rings (SSSR count). The quantitative estimate of drug-likeness (QED) is 0.722. The molecule has 21 heavy (non-hydrogen) atoms. The maximum atomic E-state index is 12.1. The van der Waals surface area contributed by atoms with E-state index in [4.69, 9.17) is 9.47 Å². The van der Waals surface area contributed by atoms with Crippen LogP contribution in [0.3, 0.4) is 0 Å². The number of nitrogens with one attached hydrogen (secondary N) is 1. The van der Waals surface area contributed by atoms with Crippen molar-refractivity contribution in [1.29, 1.82) is 0 Å². The van der Waals surface area contributed by atoms with Gasteiger partial charge in [0.05, 0.1) is 0 Å². The third-order valence-electron chi connectivity index (χ3n) is 4.51. The van der Waals surface area contributed by atoms with Gasteiger partial charge in [0.15, 0.2) is 0 Å². The van der Waals surface area contributed by atoms with Gasteiger partial charge in [0.2, 0.25) is 5.91 Å². The molecule has 5 heteroatoms. The lowest BCUT2D eigenvalue weighted by Gasteiger charge is -2.37. The molecule has 2 aliphatic rings. The number of hydrogen-bond donors (Lipinski definition) is 1. The zero-order valence-corrected chi connectivity index (χ0v) is 13.5. The predicted octanol–water partition coefficient (Wildman–Crippen LogP) is 1.42. The van der Waals surface area contributed by atoms with Crippen LogP contribution in [-0.2, 0) is 14.3 Å². The van der Waals surface area contributed by atoms with E-state index in [1.54, 1.807) is 0 Å². The van der Waals surface area contributed by atoms with Gasteiger partial charge < -0.3 is 19.7 Å². The van der Waals surface area contributed by atoms with Crippen molar-refractivity contribution in [3.8, 4) is 0 Å². The number of nitrogens with zero attached hydrogens (tertiary/aromatic N) is 1. The van der Waals surface area contributed by atoms with Gasteiger partial charge in [0.25, 0.3) is 0 Å². The van der Waals surface area contributed by atoms with Crippen molar-refractivity contribution in [2.45, 2.75) is 51.7 Å². The van der Waals surface area contributed by atoms with Crippen molar-refractivity contribution in [3.05, 3.63) is 0 Å². The van der Waals surface area contributed by atoms with Crippen LogP contribution in [0.1, 0.15) is 39.5 Å². The van der Waals surface area contributed by atoms with Crippen molar-refractivity contribution < 1.29 is 14.3 Å². The standard InChI is InChI=1S/C16H30N2O3/c1-3-20-10-5-8-18-9-7-14(13(2)12-18)17-16(19)15-6-4-11-21-15/h13-15H,3-12H2,1-2H3,(H,17,19)/t13-,14+,15-/m1/s1. The molecule has 2 aliphatic heterocycles. The zero-order valence-electron chi connectivity index (χ0n) is 13.5. The Morgan fingerprint density at radius 3 is 2.95 bits per heavy atom. The van der Waals surface area contributed by atoms with Crippen LogP contribution in [0.5, 0.6) is 0 Å². The molecule has 0 unspecified atom stereocenters. The van der Waals surface area contributed by atoms with Crippen LogP contribution in [0.25, 0.3) is 0 Å². The second-order valence-electron chi connectivity index (χ2n) is 6.23. The third kappa shape index (κ3) is 5.24. The van der Waals surface area contributed by atoms with Gasteiger partial charge in [0.1, 0.15) is 6.10 Å². The number of amides is 1. The molecule has 0 aromatic rings. The van der Waals surface area contributed by atoms with E-state index in [1.165, 1.54) is 0 Å². The summed E-state index contributed by atoms with van der Waals surface area (Å²) in [5.74, 6) is 0.588. The van der Waals surface area contributed by atoms with Gasteiger partial charge >= 0.3 is 0 Å². The Balaban J connectivity index is 1.67. The summed E-state index contributed by atoms with van der Waals surface area (Å²) in [4.78, 5) is 14.6. The number of ether oxygens (including phenoxy) is 2. The maximum absolute atomic E-state index is 12.1. The summed E-state index contributed by atoms with van der Waals surface area (Å²) < 4.78 is 10.8. The average Bonchev–Trinajstić information content (AvgIpc) is 3.00. The molecule has 3 atom stereocenters. The first-order chi connectivity index (χ1) is 10.2. The van der Waals surface area contributed by atoms with Crippen molar-refractivity contribution in [3.63, 3.8) is 0 Å². The molecule has 0 spiro atoms. The zero-order chi connectivity index (χ0) is 15.1. The van der Waals surface area contributed by atoms with E-state index in [0.717, 1.165) is 65.1 Å². The highest BCUT2D eigenvalue weighted by molar-refractivity contribution is 5.81. The fourth-order valence-corrected chi connectivity index (χ4v) is 3.24. The van der Waals surface area contributed by atoms with E-state index in [1.807, 2.05) is 6.92 Å². The lowest BCUT2D eigenvalue weighted by molar-refractivity contribution is -0.131. The molecule has 0 bridgehead atoms. The summed E-state index contributed by atoms with van der Waals surface area (Å²) in [5, 5.41) is 3.19. The maximum Gasteiger partial charge on any atom is 0.249 e. The van der Waals surface area contributed by atoms with Gasteiger partial charge in [-0.25, -0.2) is 0 Å². The second-order valence-corrected chi connectivity index (χ2v) is 6.23. The lowest BCUT2D eigenvalue weighted by atomic mass is 9.93. The second kappa shape index (κ2) is 8.71. The molecule has 0 aliphatic carbocycles. The van der Waals surface area contributed by atoms with Gasteiger partial charge in [0, 0.05) is 45.5 Å². The van der Waals surface area contributed by atoms with Gasteiger partial charge in [-0.15, -0.1) is 0 Å². The first-order valence-corrected chi connectivity index (χ1v) is 8.42. The first-order valence-electron chi connectivity index (χ1n) is 8.42. The Labute approximate surface area is 128 Å². The number of carbonyl (C=O) groups excluding carboxylic acids is 1. The molecule has 0 aromatic heterocycles. The summed E-state index contributed by atoms with van der Waals surface area (Å²) in [6.45, 7) is 9.85. The molecular formula is C16H30N2O3. The van der Waals surface area contributed by atoms with E-state index in [-0.39, 0.29) is 12.0 Å². The molecule has 5 nitrogen and oxygen atoms in total. The number of carbonyl (C=O) groups is 1. The minimum Gasteiger partial charge on any atom is -0.382 e. The van der Waals surface area contributed by atoms with Crippen LogP contribution in [0.2, 0.25) is 0 Å². The monoisotopic (exact) mass is 298 g/mol. The van der Waals surface area contributed by atoms with Crippen LogP contribution in [-0.4, -0.2) is 62.4 Å². The van der Waals surface area contributed by atoms with Crippen LogP contribution >= 0.6 is 0 Å². The molecule has 0 aromatic carbocycles. The Morgan fingerprint density at radius 1 is 1.43 bits per heavy atom. The average molecular weight is 298 g/mol. The van der Waals surface area contributed by atoms with Crippen LogP contribution in [0.15, 0.2) is 0 Å². The molecule has 0 radical (unpaired) electrons. The summed E-state index contributed by atoms with van der Waals surface area (Å²) in [7, 11) is 0. The SMILES string of the molecule is CCOCCCN1CC[C@H](NC(=O)[C@H]2CCCO2)[C@H](C)C1. The van der Waals surface area contributed by atoms with Gasteiger partial charge in [-0.3, -0.25) is 4.79 Å². The van der Waals surface area contributed by atoms with E-state index in [9.17, 15) is 4.79 Å². The van der Waals surface area contributed by atoms with Gasteiger partial charge in [-0.1, -0.05) is 6.92 Å². The van der Waals surface area contributed by atoms with E-state index in [0.29, 0.717) is 12.0 Å². The highest BCUT2D eigenvalue weighted by Crippen LogP contribution is 2.19. The van der Waals surface area contributed by atoms with Gasteiger partial charge in [-0.05, 0) is 38.5 Å². The fraction of sp³-hybridized carbons (Fsp3) is 0.938. The van der Waals surface area contributed by atoms with Crippen molar-refractivity contribution in [1.82, 2.24) is 10.2 Å². The molecule has 2 fully saturated rings. The van der Waals surface area contributed by atoms with E-state index in [2.05, 4.69) is 17.1 Å². The minimum atomic E-state index is -0.207. The predicted molar refractivity (Wildman–Crippen MR) is 82.2 cm³/mol. The topological polar surface area (TPSA) is 50.8 Å². The summed E-state index contributed by atoms with van der Waals surface area (Å²) >= 11 is 0. The van der Waals surface area contributed by atoms with Crippen molar-refractivity contribution in [2.24, 2.45) is 5.92 Å². The Hall–Kier alpha value is -0.650. The molecule has 2 saturated heterocycles. The molecular weight excluding hydrogens is 268 g/mol. The van der Waals surface area contributed by atoms with E-state index >= 15 is 0 Å². The van der Waals surface area contributed by atoms with Crippen LogP contribution < -0.4 is 5.32 Å². The Bertz CT molecular complexity index is 319. The van der Waals surface area contributed by atoms with Crippen molar-refractivity contribution >= 4 is 5.91 Å². The van der Waals surface area contributed by atoms with Crippen molar-refractivity contribution in [2.75, 3.05) is 39.5 Å². The Morgan fingerprint density at radius 2 is 2.29 bits per heavy atom. The Kier molecular flexibility index (Phi) is 6.93. The van der Waals surface area contributed by atoms with Crippen LogP contribution in [0.4, 0.5) is 0 Å². The molecule has 122 valence electrons. The lowest BCUT2D eigenvalue weighted by Crippen LogP contribution is -2.52. The van der Waals surface area contributed by atoms with E-state index < -0.39 is 0 Å². The number of likely N-dealkylation sites (tertiary alicyclic amines) is 1. The summed E-state index contributed by atoms with van der Waals surface area (Å²) in [6, 6.07) is 0.296. The number of rotatable bonds is 7. The summed E-state index contributed by atoms with van der Waals surface area (Å²) in [6.07, 6.45) is 3.80. The van der Waals surface area contributed by atoms with Crippen LogP contribution in [0, 0.1) is 5.92 Å². The number of hydrogen-bond acceptors (Lipinski definition) is 4. The fourth-order valence-electron chi connectivity index (χ4n) is 3.24. The normalized spacial score (nSPS) is 30.5. The third-order valence-corrected chi connectivity index (χ3v) is 4.51. The highest BCUT2D eigenvalue weighted by Gasteiger charge is 2.30. The van der Waals surface area contributed by atoms with Gasteiger partial charge in [-0.2, -0.15) is 0 Å². The largest absolute Gasteiger partial charge is 0.382 e. The first kappa shape index (κ1) is 16.7.